The first-order valence-corrected chi connectivity index (χ1v) is 12.4. The van der Waals surface area contributed by atoms with Crippen molar-refractivity contribution in [1.82, 2.24) is 25.6 Å². The zero-order valence-electron chi connectivity index (χ0n) is 21.4. The number of H-pyrrole nitrogens is 2. The summed E-state index contributed by atoms with van der Waals surface area (Å²) in [5.74, 6) is -0.896. The third kappa shape index (κ3) is 3.36. The van der Waals surface area contributed by atoms with Crippen molar-refractivity contribution in [3.05, 3.63) is 53.7 Å². The van der Waals surface area contributed by atoms with E-state index in [2.05, 4.69) is 42.3 Å². The molecule has 2 unspecified atom stereocenters. The average Bonchev–Trinajstić information content (AvgIpc) is 3.67. The van der Waals surface area contributed by atoms with Gasteiger partial charge in [0.25, 0.3) is 11.8 Å². The SMILES string of the molecule is CC12CCC(C(=O)Nc3cccc4cc(C(=O)Nc5ccc(C#N)cc5-c5nnn[nH]5)[nH]c34)(OC1=O)C2(C)C. The molecule has 1 aliphatic heterocycles. The van der Waals surface area contributed by atoms with E-state index in [0.717, 1.165) is 0 Å². The summed E-state index contributed by atoms with van der Waals surface area (Å²) in [7, 11) is 0. The number of aromatic amines is 2. The van der Waals surface area contributed by atoms with Gasteiger partial charge < -0.3 is 20.4 Å². The topological polar surface area (TPSA) is 179 Å². The van der Waals surface area contributed by atoms with Crippen LogP contribution in [0, 0.1) is 22.2 Å². The van der Waals surface area contributed by atoms with Gasteiger partial charge in [-0.3, -0.25) is 14.4 Å². The van der Waals surface area contributed by atoms with Gasteiger partial charge in [0.15, 0.2) is 11.4 Å². The molecule has 1 saturated heterocycles. The number of tetrazole rings is 1. The first kappa shape index (κ1) is 24.3. The molecule has 2 amide bonds. The van der Waals surface area contributed by atoms with Gasteiger partial charge in [0, 0.05) is 16.4 Å². The Kier molecular flexibility index (Phi) is 5.12. The average molecular weight is 525 g/mol. The van der Waals surface area contributed by atoms with Crippen LogP contribution in [0.15, 0.2) is 42.5 Å². The third-order valence-electron chi connectivity index (χ3n) is 8.60. The Balaban J connectivity index is 1.29. The number of hydrogen-bond donors (Lipinski definition) is 4. The van der Waals surface area contributed by atoms with Crippen LogP contribution in [0.5, 0.6) is 0 Å². The van der Waals surface area contributed by atoms with Crippen molar-refractivity contribution in [3.8, 4) is 17.5 Å². The van der Waals surface area contributed by atoms with E-state index >= 15 is 0 Å². The van der Waals surface area contributed by atoms with E-state index in [1.807, 2.05) is 26.8 Å². The Bertz CT molecular complexity index is 1720. The highest BCUT2D eigenvalue weighted by Crippen LogP contribution is 2.65. The Labute approximate surface area is 222 Å². The Hall–Kier alpha value is -5.05. The van der Waals surface area contributed by atoms with E-state index < -0.39 is 28.2 Å². The second kappa shape index (κ2) is 8.22. The van der Waals surface area contributed by atoms with E-state index in [1.165, 1.54) is 0 Å². The van der Waals surface area contributed by atoms with Crippen molar-refractivity contribution < 1.29 is 19.1 Å². The summed E-state index contributed by atoms with van der Waals surface area (Å²) in [5.41, 5.74) is -0.185. The number of carbonyl (C=O) groups is 3. The number of nitrogens with zero attached hydrogens (tertiary/aromatic N) is 4. The number of rotatable bonds is 5. The molecule has 1 aliphatic carbocycles. The fourth-order valence-corrected chi connectivity index (χ4v) is 5.73. The first-order valence-electron chi connectivity index (χ1n) is 12.4. The van der Waals surface area contributed by atoms with E-state index in [1.54, 1.807) is 36.4 Å². The monoisotopic (exact) mass is 524 g/mol. The summed E-state index contributed by atoms with van der Waals surface area (Å²) in [6, 6.07) is 13.8. The molecule has 2 bridgehead atoms. The van der Waals surface area contributed by atoms with E-state index in [0.29, 0.717) is 52.1 Å². The van der Waals surface area contributed by atoms with E-state index in [-0.39, 0.29) is 11.7 Å². The van der Waals surface area contributed by atoms with Crippen molar-refractivity contribution in [2.75, 3.05) is 10.6 Å². The number of fused-ring (bicyclic) bond motifs is 3. The third-order valence-corrected chi connectivity index (χ3v) is 8.60. The number of carbonyl (C=O) groups excluding carboxylic acids is 3. The van der Waals surface area contributed by atoms with Crippen LogP contribution in [0.3, 0.4) is 0 Å². The van der Waals surface area contributed by atoms with Crippen LogP contribution in [0.25, 0.3) is 22.3 Å². The quantitative estimate of drug-likeness (QED) is 0.286. The second-order valence-corrected chi connectivity index (χ2v) is 10.7. The van der Waals surface area contributed by atoms with Crippen molar-refractivity contribution in [2.24, 2.45) is 10.8 Å². The van der Waals surface area contributed by atoms with Crippen LogP contribution in [0.1, 0.15) is 49.7 Å². The molecule has 2 aromatic carbocycles. The molecule has 4 aromatic rings. The lowest BCUT2D eigenvalue weighted by molar-refractivity contribution is -0.165. The van der Waals surface area contributed by atoms with Gasteiger partial charge in [-0.2, -0.15) is 5.26 Å². The highest BCUT2D eigenvalue weighted by Gasteiger charge is 2.75. The maximum absolute atomic E-state index is 13.6. The Morgan fingerprint density at radius 1 is 1.08 bits per heavy atom. The maximum atomic E-state index is 13.6. The second-order valence-electron chi connectivity index (χ2n) is 10.7. The van der Waals surface area contributed by atoms with Crippen LogP contribution in [0.4, 0.5) is 11.4 Å². The number of aromatic nitrogens is 5. The lowest BCUT2D eigenvalue weighted by Gasteiger charge is -2.35. The molecule has 1 saturated carbocycles. The summed E-state index contributed by atoms with van der Waals surface area (Å²) in [5, 5.41) is 29.4. The zero-order valence-corrected chi connectivity index (χ0v) is 21.4. The fourth-order valence-electron chi connectivity index (χ4n) is 5.73. The fraction of sp³-hybridized carbons (Fsp3) is 0.296. The summed E-state index contributed by atoms with van der Waals surface area (Å²) in [6.45, 7) is 5.65. The standard InChI is InChI=1S/C27H24N8O4/c1-25(2)26(3)9-10-27(25,39-24(26)38)23(37)31-18-6-4-5-15-12-19(29-20(15)18)22(36)30-17-8-7-14(13-28)11-16(17)21-32-34-35-33-21/h4-8,11-12,29H,9-10H2,1-3H3,(H,30,36)(H,31,37)(H,32,33,34,35). The van der Waals surface area contributed by atoms with Crippen molar-refractivity contribution in [3.63, 3.8) is 0 Å². The minimum Gasteiger partial charge on any atom is -0.448 e. The zero-order chi connectivity index (χ0) is 27.6. The van der Waals surface area contributed by atoms with Crippen LogP contribution >= 0.6 is 0 Å². The minimum absolute atomic E-state index is 0.247. The highest BCUT2D eigenvalue weighted by atomic mass is 16.6. The van der Waals surface area contributed by atoms with Gasteiger partial charge in [-0.1, -0.05) is 26.0 Å². The molecule has 2 fully saturated rings. The summed E-state index contributed by atoms with van der Waals surface area (Å²) >= 11 is 0. The predicted octanol–water partition coefficient (Wildman–Crippen LogP) is 3.53. The first-order chi connectivity index (χ1) is 18.6. The van der Waals surface area contributed by atoms with Gasteiger partial charge in [-0.05, 0) is 60.5 Å². The number of anilines is 2. The molecule has 4 N–H and O–H groups in total. The summed E-state index contributed by atoms with van der Waals surface area (Å²) in [6.07, 6.45) is 1.01. The van der Waals surface area contributed by atoms with Gasteiger partial charge in [-0.15, -0.1) is 5.10 Å². The number of nitrogens with one attached hydrogen (secondary N) is 4. The number of benzene rings is 2. The van der Waals surface area contributed by atoms with E-state index in [9.17, 15) is 19.6 Å². The predicted molar refractivity (Wildman–Crippen MR) is 139 cm³/mol. The van der Waals surface area contributed by atoms with Gasteiger partial charge in [0.1, 0.15) is 5.69 Å². The molecule has 39 heavy (non-hydrogen) atoms. The molecule has 2 aliphatic rings. The molecule has 6 rings (SSSR count). The lowest BCUT2D eigenvalue weighted by atomic mass is 9.66. The molecule has 12 nitrogen and oxygen atoms in total. The van der Waals surface area contributed by atoms with Gasteiger partial charge in [0.2, 0.25) is 0 Å². The number of para-hydroxylation sites is 1. The molecule has 12 heteroatoms. The van der Waals surface area contributed by atoms with Gasteiger partial charge in [0.05, 0.1) is 33.9 Å². The molecular weight excluding hydrogens is 500 g/mol. The Morgan fingerprint density at radius 3 is 2.56 bits per heavy atom. The molecule has 0 spiro atoms. The van der Waals surface area contributed by atoms with Crippen LogP contribution in [-0.4, -0.2) is 49.0 Å². The molecule has 3 heterocycles. The smallest absolute Gasteiger partial charge is 0.313 e. The van der Waals surface area contributed by atoms with Crippen molar-refractivity contribution >= 4 is 40.1 Å². The van der Waals surface area contributed by atoms with Gasteiger partial charge in [-0.25, -0.2) is 5.10 Å². The number of ether oxygens (including phenoxy) is 1. The Morgan fingerprint density at radius 2 is 1.90 bits per heavy atom. The molecule has 2 aromatic heterocycles. The normalized spacial score (nSPS) is 22.9. The largest absolute Gasteiger partial charge is 0.448 e. The number of amides is 2. The molecular formula is C27H24N8O4. The molecule has 2 atom stereocenters. The van der Waals surface area contributed by atoms with E-state index in [4.69, 9.17) is 4.74 Å². The van der Waals surface area contributed by atoms with Crippen LogP contribution < -0.4 is 10.6 Å². The highest BCUT2D eigenvalue weighted by molar-refractivity contribution is 6.11. The maximum Gasteiger partial charge on any atom is 0.313 e. The molecule has 196 valence electrons. The number of nitriles is 1. The van der Waals surface area contributed by atoms with Crippen LogP contribution in [0.2, 0.25) is 0 Å². The lowest BCUT2D eigenvalue weighted by Crippen LogP contribution is -2.50. The minimum atomic E-state index is -1.27. The van der Waals surface area contributed by atoms with Crippen molar-refractivity contribution in [2.45, 2.75) is 39.2 Å². The molecule has 0 radical (unpaired) electrons. The van der Waals surface area contributed by atoms with Gasteiger partial charge >= 0.3 is 5.97 Å². The van der Waals surface area contributed by atoms with Crippen LogP contribution in [-0.2, 0) is 14.3 Å². The number of esters is 1. The summed E-state index contributed by atoms with van der Waals surface area (Å²) < 4.78 is 5.72. The number of hydrogen-bond acceptors (Lipinski definition) is 8. The summed E-state index contributed by atoms with van der Waals surface area (Å²) in [4.78, 5) is 42.6. The van der Waals surface area contributed by atoms with Crippen molar-refractivity contribution in [1.29, 1.82) is 5.26 Å².